The van der Waals surface area contributed by atoms with Crippen molar-refractivity contribution >= 4 is 34.6 Å². The molecule has 0 heterocycles. The Hall–Kier alpha value is -1.18. The van der Waals surface area contributed by atoms with Crippen molar-refractivity contribution in [2.45, 2.75) is 45.8 Å². The molecular weight excluding hydrogens is 455 g/mol. The van der Waals surface area contributed by atoms with Crippen molar-refractivity contribution in [2.75, 3.05) is 13.9 Å². The highest BCUT2D eigenvalue weighted by atomic mass is 127. The highest BCUT2D eigenvalue weighted by Gasteiger charge is 2.31. The lowest BCUT2D eigenvalue weighted by molar-refractivity contribution is -0.156. The third kappa shape index (κ3) is 9.04. The molecular formula is C22H31IO4. The summed E-state index contributed by atoms with van der Waals surface area (Å²) in [5.74, 6) is 0.0313. The zero-order valence-electron chi connectivity index (χ0n) is 16.6. The summed E-state index contributed by atoms with van der Waals surface area (Å²) in [6.45, 7) is 6.59. The van der Waals surface area contributed by atoms with Crippen LogP contribution in [0.1, 0.15) is 39.2 Å². The van der Waals surface area contributed by atoms with E-state index in [2.05, 4.69) is 43.4 Å². The molecule has 0 radical (unpaired) electrons. The van der Waals surface area contributed by atoms with E-state index in [0.717, 1.165) is 12.0 Å². The topological polar surface area (TPSA) is 44.8 Å². The van der Waals surface area contributed by atoms with Crippen molar-refractivity contribution in [1.82, 2.24) is 0 Å². The molecule has 0 aliphatic heterocycles. The first-order valence-corrected chi connectivity index (χ1v) is 10.6. The number of rotatable bonds is 12. The fraction of sp³-hybridized carbons (Fsp3) is 0.500. The van der Waals surface area contributed by atoms with Gasteiger partial charge in [-0.2, -0.15) is 0 Å². The van der Waals surface area contributed by atoms with E-state index in [0.29, 0.717) is 12.3 Å². The maximum atomic E-state index is 12.4. The first-order valence-electron chi connectivity index (χ1n) is 9.32. The maximum absolute atomic E-state index is 12.4. The first-order chi connectivity index (χ1) is 13.0. The number of methoxy groups -OCH3 is 1. The Morgan fingerprint density at radius 2 is 1.93 bits per heavy atom. The van der Waals surface area contributed by atoms with Crippen molar-refractivity contribution in [3.8, 4) is 0 Å². The fourth-order valence-corrected chi connectivity index (χ4v) is 3.19. The minimum absolute atomic E-state index is 0.0387. The van der Waals surface area contributed by atoms with E-state index in [9.17, 15) is 4.79 Å². The van der Waals surface area contributed by atoms with E-state index in [1.807, 2.05) is 40.5 Å². The number of hydrogen-bond acceptors (Lipinski definition) is 4. The molecule has 1 aromatic carbocycles. The van der Waals surface area contributed by atoms with Gasteiger partial charge in [0, 0.05) is 25.5 Å². The van der Waals surface area contributed by atoms with Crippen LogP contribution < -0.4 is 0 Å². The van der Waals surface area contributed by atoms with E-state index in [4.69, 9.17) is 14.2 Å². The summed E-state index contributed by atoms with van der Waals surface area (Å²) < 4.78 is 18.7. The zero-order valence-corrected chi connectivity index (χ0v) is 18.8. The second kappa shape index (κ2) is 13.9. The highest BCUT2D eigenvalue weighted by molar-refractivity contribution is 14.1. The number of esters is 1. The van der Waals surface area contributed by atoms with Crippen LogP contribution >= 0.6 is 22.6 Å². The van der Waals surface area contributed by atoms with Crippen molar-refractivity contribution < 1.29 is 19.0 Å². The second-order valence-electron chi connectivity index (χ2n) is 6.60. The first kappa shape index (κ1) is 23.9. The van der Waals surface area contributed by atoms with Gasteiger partial charge in [-0.15, -0.1) is 0 Å². The van der Waals surface area contributed by atoms with E-state index in [1.165, 1.54) is 6.08 Å². The molecule has 0 aromatic heterocycles. The van der Waals surface area contributed by atoms with Crippen LogP contribution in [0.5, 0.6) is 0 Å². The van der Waals surface area contributed by atoms with Crippen LogP contribution in [-0.4, -0.2) is 32.1 Å². The van der Waals surface area contributed by atoms with Gasteiger partial charge >= 0.3 is 5.97 Å². The quantitative estimate of drug-likeness (QED) is 0.167. The molecule has 0 bridgehead atoms. The Morgan fingerprint density at radius 3 is 2.52 bits per heavy atom. The summed E-state index contributed by atoms with van der Waals surface area (Å²) in [7, 11) is 1.61. The van der Waals surface area contributed by atoms with Crippen molar-refractivity contribution in [1.29, 1.82) is 0 Å². The molecule has 0 aliphatic rings. The summed E-state index contributed by atoms with van der Waals surface area (Å²) in [5, 5.41) is 0. The highest BCUT2D eigenvalue weighted by Crippen LogP contribution is 2.26. The van der Waals surface area contributed by atoms with Crippen LogP contribution in [0.25, 0.3) is 6.08 Å². The van der Waals surface area contributed by atoms with Gasteiger partial charge in [-0.1, -0.05) is 86.2 Å². The van der Waals surface area contributed by atoms with Crippen LogP contribution in [0.3, 0.4) is 0 Å². The number of halogens is 1. The molecule has 4 nitrogen and oxygen atoms in total. The molecule has 150 valence electrons. The van der Waals surface area contributed by atoms with Crippen molar-refractivity contribution in [3.05, 3.63) is 52.1 Å². The van der Waals surface area contributed by atoms with Crippen molar-refractivity contribution in [2.24, 2.45) is 11.8 Å². The lowest BCUT2D eigenvalue weighted by Crippen LogP contribution is -2.38. The minimum atomic E-state index is -0.341. The standard InChI is InChI=1S/C22H31IO4/c1-5-17(2)22(26-16-25-4)18(3)20(12-9-15-23)27-21(24)14-13-19-10-7-6-8-11-19/h6-11,13-15,17-18,20,22H,5,12,16H2,1-4H3/b14-13+,15-9+/t17-,18-,20-,22+/m0/s1. The Labute approximate surface area is 177 Å². The number of benzene rings is 1. The lowest BCUT2D eigenvalue weighted by Gasteiger charge is -2.33. The summed E-state index contributed by atoms with van der Waals surface area (Å²) in [5.41, 5.74) is 0.965. The van der Waals surface area contributed by atoms with Crippen LogP contribution in [0.4, 0.5) is 0 Å². The Balaban J connectivity index is 2.84. The number of ether oxygens (including phenoxy) is 3. The van der Waals surface area contributed by atoms with Gasteiger partial charge < -0.3 is 14.2 Å². The molecule has 0 N–H and O–H groups in total. The monoisotopic (exact) mass is 486 g/mol. The molecule has 0 unspecified atom stereocenters. The van der Waals surface area contributed by atoms with Gasteiger partial charge in [-0.3, -0.25) is 0 Å². The van der Waals surface area contributed by atoms with Gasteiger partial charge in [0.25, 0.3) is 0 Å². The van der Waals surface area contributed by atoms with E-state index in [-0.39, 0.29) is 30.9 Å². The second-order valence-corrected chi connectivity index (χ2v) is 7.32. The summed E-state index contributed by atoms with van der Waals surface area (Å²) in [6, 6.07) is 9.70. The largest absolute Gasteiger partial charge is 0.458 e. The van der Waals surface area contributed by atoms with Gasteiger partial charge in [0.15, 0.2) is 0 Å². The Bertz CT molecular complexity index is 585. The van der Waals surface area contributed by atoms with Crippen LogP contribution in [-0.2, 0) is 19.0 Å². The predicted molar refractivity (Wildman–Crippen MR) is 119 cm³/mol. The van der Waals surface area contributed by atoms with E-state index >= 15 is 0 Å². The number of carbonyl (C=O) groups excluding carboxylic acids is 1. The molecule has 5 heteroatoms. The van der Waals surface area contributed by atoms with Crippen LogP contribution in [0.2, 0.25) is 0 Å². The lowest BCUT2D eigenvalue weighted by atomic mass is 9.86. The van der Waals surface area contributed by atoms with E-state index < -0.39 is 0 Å². The molecule has 0 saturated carbocycles. The van der Waals surface area contributed by atoms with Gasteiger partial charge in [-0.05, 0) is 21.6 Å². The predicted octanol–water partition coefficient (Wildman–Crippen LogP) is 5.62. The molecule has 0 fully saturated rings. The van der Waals surface area contributed by atoms with Crippen LogP contribution in [0.15, 0.2) is 46.6 Å². The van der Waals surface area contributed by atoms with Gasteiger partial charge in [-0.25, -0.2) is 4.79 Å². The third-order valence-corrected chi connectivity index (χ3v) is 5.13. The Morgan fingerprint density at radius 1 is 1.22 bits per heavy atom. The molecule has 0 amide bonds. The molecule has 0 saturated heterocycles. The molecule has 0 aliphatic carbocycles. The van der Waals surface area contributed by atoms with Gasteiger partial charge in [0.1, 0.15) is 12.9 Å². The number of carbonyl (C=O) groups is 1. The maximum Gasteiger partial charge on any atom is 0.331 e. The average molecular weight is 486 g/mol. The molecule has 1 aromatic rings. The minimum Gasteiger partial charge on any atom is -0.458 e. The van der Waals surface area contributed by atoms with E-state index in [1.54, 1.807) is 13.2 Å². The molecule has 27 heavy (non-hydrogen) atoms. The fourth-order valence-electron chi connectivity index (χ4n) is 2.90. The van der Waals surface area contributed by atoms with Gasteiger partial charge in [0.2, 0.25) is 0 Å². The molecule has 0 spiro atoms. The number of hydrogen-bond donors (Lipinski definition) is 0. The summed E-state index contributed by atoms with van der Waals surface area (Å²) >= 11 is 2.18. The Kier molecular flexibility index (Phi) is 12.3. The summed E-state index contributed by atoms with van der Waals surface area (Å²) in [4.78, 5) is 12.4. The zero-order chi connectivity index (χ0) is 20.1. The normalized spacial score (nSPS) is 16.3. The average Bonchev–Trinajstić information content (AvgIpc) is 2.70. The molecule has 1 rings (SSSR count). The summed E-state index contributed by atoms with van der Waals surface area (Å²) in [6.07, 6.45) is 6.59. The SMILES string of the molecule is CC[C@H](C)[C@@H](OCOC)[C@@H](C)[C@H](C/C=C/I)OC(=O)/C=C/c1ccccc1. The molecule has 4 atom stereocenters. The third-order valence-electron chi connectivity index (χ3n) is 4.62. The van der Waals surface area contributed by atoms with Crippen LogP contribution in [0, 0.1) is 11.8 Å². The van der Waals surface area contributed by atoms with Crippen molar-refractivity contribution in [3.63, 3.8) is 0 Å². The smallest absolute Gasteiger partial charge is 0.331 e. The van der Waals surface area contributed by atoms with Gasteiger partial charge in [0.05, 0.1) is 6.10 Å².